The van der Waals surface area contributed by atoms with Gasteiger partial charge in [-0.1, -0.05) is 35.4 Å². The van der Waals surface area contributed by atoms with E-state index in [4.69, 9.17) is 27.9 Å². The van der Waals surface area contributed by atoms with Crippen LogP contribution in [0.1, 0.15) is 19.3 Å². The highest BCUT2D eigenvalue weighted by Gasteiger charge is 2.21. The molecule has 0 saturated heterocycles. The lowest BCUT2D eigenvalue weighted by molar-refractivity contribution is -0.151. The fourth-order valence-corrected chi connectivity index (χ4v) is 2.38. The zero-order valence-corrected chi connectivity index (χ0v) is 12.8. The third kappa shape index (κ3) is 4.76. The van der Waals surface area contributed by atoms with E-state index in [-0.39, 0.29) is 18.5 Å². The lowest BCUT2D eigenvalue weighted by Crippen LogP contribution is -2.25. The number of carbonyl (C=O) groups is 2. The molecule has 2 rings (SSSR count). The van der Waals surface area contributed by atoms with E-state index in [1.165, 1.54) is 6.07 Å². The van der Waals surface area contributed by atoms with E-state index >= 15 is 0 Å². The van der Waals surface area contributed by atoms with Crippen molar-refractivity contribution in [3.63, 3.8) is 0 Å². The van der Waals surface area contributed by atoms with E-state index in [1.807, 2.05) is 12.2 Å². The maximum Gasteiger partial charge on any atom is 0.309 e. The highest BCUT2D eigenvalue weighted by molar-refractivity contribution is 6.35. The largest absolute Gasteiger partial charge is 0.455 e. The fourth-order valence-electron chi connectivity index (χ4n) is 2.04. The second-order valence-electron chi connectivity index (χ2n) is 4.76. The number of carbonyl (C=O) groups excluding carboxylic acids is 2. The van der Waals surface area contributed by atoms with Gasteiger partial charge in [0.05, 0.1) is 16.6 Å². The Bertz CT molecular complexity index is 572. The molecule has 112 valence electrons. The molecule has 0 fully saturated rings. The molecule has 1 atom stereocenters. The Kier molecular flexibility index (Phi) is 5.65. The van der Waals surface area contributed by atoms with Crippen molar-refractivity contribution in [1.29, 1.82) is 0 Å². The van der Waals surface area contributed by atoms with E-state index in [1.54, 1.807) is 12.1 Å². The summed E-state index contributed by atoms with van der Waals surface area (Å²) in [7, 11) is 0. The Morgan fingerprint density at radius 3 is 2.81 bits per heavy atom. The minimum absolute atomic E-state index is 0.155. The molecule has 4 nitrogen and oxygen atoms in total. The standard InChI is InChI=1S/C15H15Cl2NO3/c16-11-6-7-12(17)13(8-11)18-14(19)9-21-15(20)10-4-2-1-3-5-10/h1-2,6-8,10H,3-5,9H2,(H,18,19)/t10-/m1/s1. The Morgan fingerprint density at radius 2 is 2.10 bits per heavy atom. The number of hydrogen-bond acceptors (Lipinski definition) is 3. The first-order valence-corrected chi connectivity index (χ1v) is 7.38. The van der Waals surface area contributed by atoms with Gasteiger partial charge in [0.1, 0.15) is 0 Å². The van der Waals surface area contributed by atoms with Crippen molar-refractivity contribution in [3.05, 3.63) is 40.4 Å². The number of ether oxygens (including phenoxy) is 1. The first-order chi connectivity index (χ1) is 10.1. The summed E-state index contributed by atoms with van der Waals surface area (Å²) in [5, 5.41) is 3.39. The van der Waals surface area contributed by atoms with Crippen molar-refractivity contribution < 1.29 is 14.3 Å². The van der Waals surface area contributed by atoms with Crippen molar-refractivity contribution in [2.24, 2.45) is 5.92 Å². The summed E-state index contributed by atoms with van der Waals surface area (Å²) >= 11 is 11.8. The second-order valence-corrected chi connectivity index (χ2v) is 5.61. The molecule has 0 radical (unpaired) electrons. The van der Waals surface area contributed by atoms with Crippen LogP contribution in [0.2, 0.25) is 10.0 Å². The van der Waals surface area contributed by atoms with Gasteiger partial charge >= 0.3 is 5.97 Å². The maximum absolute atomic E-state index is 11.8. The summed E-state index contributed by atoms with van der Waals surface area (Å²) < 4.78 is 5.02. The summed E-state index contributed by atoms with van der Waals surface area (Å²) in [6.45, 7) is -0.331. The van der Waals surface area contributed by atoms with Crippen LogP contribution in [0.25, 0.3) is 0 Å². The van der Waals surface area contributed by atoms with Crippen LogP contribution < -0.4 is 5.32 Å². The fraction of sp³-hybridized carbons (Fsp3) is 0.333. The van der Waals surface area contributed by atoms with Gasteiger partial charge in [-0.25, -0.2) is 0 Å². The Labute approximate surface area is 133 Å². The quantitative estimate of drug-likeness (QED) is 0.675. The van der Waals surface area contributed by atoms with E-state index in [2.05, 4.69) is 5.32 Å². The van der Waals surface area contributed by atoms with E-state index in [9.17, 15) is 9.59 Å². The Hall–Kier alpha value is -1.52. The van der Waals surface area contributed by atoms with Crippen molar-refractivity contribution >= 4 is 40.8 Å². The van der Waals surface area contributed by atoms with Crippen molar-refractivity contribution in [2.75, 3.05) is 11.9 Å². The monoisotopic (exact) mass is 327 g/mol. The molecule has 0 heterocycles. The molecule has 1 N–H and O–H groups in total. The summed E-state index contributed by atoms with van der Waals surface area (Å²) in [5.41, 5.74) is 0.394. The number of rotatable bonds is 4. The van der Waals surface area contributed by atoms with E-state index in [0.717, 1.165) is 12.8 Å². The van der Waals surface area contributed by atoms with Gasteiger partial charge in [0, 0.05) is 5.02 Å². The van der Waals surface area contributed by atoms with Crippen molar-refractivity contribution in [3.8, 4) is 0 Å². The molecule has 21 heavy (non-hydrogen) atoms. The predicted molar refractivity (Wildman–Crippen MR) is 82.5 cm³/mol. The number of benzene rings is 1. The van der Waals surface area contributed by atoms with Crippen LogP contribution in [-0.2, 0) is 14.3 Å². The van der Waals surface area contributed by atoms with Gasteiger partial charge in [0.25, 0.3) is 5.91 Å². The molecule has 6 heteroatoms. The lowest BCUT2D eigenvalue weighted by atomic mass is 9.95. The maximum atomic E-state index is 11.8. The number of nitrogens with one attached hydrogen (secondary N) is 1. The van der Waals surface area contributed by atoms with Crippen LogP contribution >= 0.6 is 23.2 Å². The average Bonchev–Trinajstić information content (AvgIpc) is 2.49. The third-order valence-electron chi connectivity index (χ3n) is 3.15. The highest BCUT2D eigenvalue weighted by Crippen LogP contribution is 2.25. The topological polar surface area (TPSA) is 55.4 Å². The Morgan fingerprint density at radius 1 is 1.29 bits per heavy atom. The van der Waals surface area contributed by atoms with Crippen LogP contribution in [0.3, 0.4) is 0 Å². The molecule has 0 spiro atoms. The van der Waals surface area contributed by atoms with Crippen LogP contribution in [0, 0.1) is 5.92 Å². The molecule has 1 aliphatic rings. The van der Waals surface area contributed by atoms with Gasteiger partial charge in [-0.05, 0) is 37.5 Å². The van der Waals surface area contributed by atoms with Crippen LogP contribution in [0.5, 0.6) is 0 Å². The minimum atomic E-state index is -0.445. The molecule has 0 unspecified atom stereocenters. The second kappa shape index (κ2) is 7.48. The van der Waals surface area contributed by atoms with Crippen molar-refractivity contribution in [2.45, 2.75) is 19.3 Å². The van der Waals surface area contributed by atoms with Gasteiger partial charge in [0.15, 0.2) is 6.61 Å². The molecule has 0 bridgehead atoms. The van der Waals surface area contributed by atoms with Crippen molar-refractivity contribution in [1.82, 2.24) is 0 Å². The number of halogens is 2. The predicted octanol–water partition coefficient (Wildman–Crippen LogP) is 3.83. The molecule has 1 aromatic rings. The molecular formula is C15H15Cl2NO3. The van der Waals surface area contributed by atoms with Crippen LogP contribution in [-0.4, -0.2) is 18.5 Å². The molecule has 1 aromatic carbocycles. The minimum Gasteiger partial charge on any atom is -0.455 e. The molecule has 1 amide bonds. The normalized spacial score (nSPS) is 17.3. The average molecular weight is 328 g/mol. The Balaban J connectivity index is 1.83. The molecular weight excluding hydrogens is 313 g/mol. The number of amides is 1. The zero-order chi connectivity index (χ0) is 15.2. The van der Waals surface area contributed by atoms with Crippen LogP contribution in [0.4, 0.5) is 5.69 Å². The third-order valence-corrected chi connectivity index (χ3v) is 3.72. The van der Waals surface area contributed by atoms with Gasteiger partial charge in [-0.15, -0.1) is 0 Å². The first-order valence-electron chi connectivity index (χ1n) is 6.63. The molecule has 0 aliphatic heterocycles. The van der Waals surface area contributed by atoms with Gasteiger partial charge in [-0.3, -0.25) is 9.59 Å². The zero-order valence-electron chi connectivity index (χ0n) is 11.3. The summed E-state index contributed by atoms with van der Waals surface area (Å²) in [5.74, 6) is -0.942. The smallest absolute Gasteiger partial charge is 0.309 e. The molecule has 0 aromatic heterocycles. The summed E-state index contributed by atoms with van der Waals surface area (Å²) in [4.78, 5) is 23.6. The SMILES string of the molecule is O=C(COC(=O)[C@@H]1CC=CCC1)Nc1cc(Cl)ccc1Cl. The summed E-state index contributed by atoms with van der Waals surface area (Å²) in [6.07, 6.45) is 6.29. The van der Waals surface area contributed by atoms with Crippen LogP contribution in [0.15, 0.2) is 30.4 Å². The molecule has 0 saturated carbocycles. The van der Waals surface area contributed by atoms with E-state index in [0.29, 0.717) is 22.2 Å². The molecule has 1 aliphatic carbocycles. The number of anilines is 1. The highest BCUT2D eigenvalue weighted by atomic mass is 35.5. The number of allylic oxidation sites excluding steroid dienone is 2. The first kappa shape index (κ1) is 15.9. The van der Waals surface area contributed by atoms with Gasteiger partial charge in [-0.2, -0.15) is 0 Å². The van der Waals surface area contributed by atoms with Gasteiger partial charge in [0.2, 0.25) is 0 Å². The van der Waals surface area contributed by atoms with E-state index < -0.39 is 5.91 Å². The summed E-state index contributed by atoms with van der Waals surface area (Å²) in [6, 6.07) is 4.74. The number of esters is 1. The van der Waals surface area contributed by atoms with Gasteiger partial charge < -0.3 is 10.1 Å². The number of hydrogen-bond donors (Lipinski definition) is 1. The lowest BCUT2D eigenvalue weighted by Gasteiger charge is -2.16.